The topological polar surface area (TPSA) is 66.4 Å². The summed E-state index contributed by atoms with van der Waals surface area (Å²) in [7, 11) is -4.03. The van der Waals surface area contributed by atoms with Crippen LogP contribution in [0.25, 0.3) is 11.3 Å². The van der Waals surface area contributed by atoms with Crippen molar-refractivity contribution in [3.05, 3.63) is 71.8 Å². The lowest BCUT2D eigenvalue weighted by Gasteiger charge is -2.34. The van der Waals surface area contributed by atoms with Gasteiger partial charge in [0.25, 0.3) is 0 Å². The third-order valence-corrected chi connectivity index (χ3v) is 7.00. The van der Waals surface area contributed by atoms with Crippen molar-refractivity contribution in [1.29, 1.82) is 0 Å². The van der Waals surface area contributed by atoms with E-state index in [4.69, 9.17) is 0 Å². The summed E-state index contributed by atoms with van der Waals surface area (Å²) in [6.45, 7) is 3.13. The Morgan fingerprint density at radius 2 is 1.57 bits per heavy atom. The maximum Gasteiger partial charge on any atom is 0.246 e. The summed E-state index contributed by atoms with van der Waals surface area (Å²) in [4.78, 5) is 1.42. The molecule has 1 fully saturated rings. The fraction of sp³-hybridized carbons (Fsp3) is 0.238. The molecule has 0 amide bonds. The maximum absolute atomic E-state index is 14.0. The van der Waals surface area contributed by atoms with E-state index in [2.05, 4.69) is 10.2 Å². The fourth-order valence-electron chi connectivity index (χ4n) is 3.35. The van der Waals surface area contributed by atoms with Crippen LogP contribution in [0.15, 0.2) is 59.5 Å². The minimum Gasteiger partial charge on any atom is -0.352 e. The number of nitrogens with zero attached hydrogens (tertiary/aromatic N) is 4. The number of sulfonamides is 1. The van der Waals surface area contributed by atoms with Gasteiger partial charge in [0.05, 0.1) is 5.69 Å². The molecule has 3 aromatic rings. The third kappa shape index (κ3) is 4.03. The second-order valence-corrected chi connectivity index (χ2v) is 9.02. The van der Waals surface area contributed by atoms with E-state index in [1.165, 1.54) is 4.31 Å². The number of rotatable bonds is 4. The number of aromatic nitrogens is 2. The van der Waals surface area contributed by atoms with E-state index >= 15 is 0 Å². The van der Waals surface area contributed by atoms with Crippen LogP contribution in [0.5, 0.6) is 0 Å². The number of hydrogen-bond donors (Lipinski definition) is 0. The Morgan fingerprint density at radius 1 is 0.867 bits per heavy atom. The van der Waals surface area contributed by atoms with Gasteiger partial charge in [0.1, 0.15) is 16.5 Å². The maximum atomic E-state index is 14.0. The quantitative estimate of drug-likeness (QED) is 0.636. The van der Waals surface area contributed by atoms with E-state index in [9.17, 15) is 17.2 Å². The smallest absolute Gasteiger partial charge is 0.246 e. The summed E-state index contributed by atoms with van der Waals surface area (Å²) in [6, 6.07) is 14.2. The number of benzene rings is 2. The SMILES string of the molecule is Cc1ccc(-c2ccc(N3CCN(S(=O)(=O)c4ccc(F)cc4F)CC3)nn2)cc1. The monoisotopic (exact) mass is 430 g/mol. The van der Waals surface area contributed by atoms with Gasteiger partial charge in [-0.2, -0.15) is 4.31 Å². The summed E-state index contributed by atoms with van der Waals surface area (Å²) < 4.78 is 53.7. The van der Waals surface area contributed by atoms with E-state index in [0.717, 1.165) is 29.0 Å². The third-order valence-electron chi connectivity index (χ3n) is 5.07. The van der Waals surface area contributed by atoms with Gasteiger partial charge in [-0.05, 0) is 31.2 Å². The molecular formula is C21H20F2N4O2S. The fourth-order valence-corrected chi connectivity index (χ4v) is 4.82. The van der Waals surface area contributed by atoms with Crippen LogP contribution in [-0.4, -0.2) is 49.1 Å². The normalized spacial score (nSPS) is 15.4. The Balaban J connectivity index is 1.44. The number of aryl methyl sites for hydroxylation is 1. The molecule has 0 unspecified atom stereocenters. The molecule has 0 bridgehead atoms. The highest BCUT2D eigenvalue weighted by molar-refractivity contribution is 7.89. The average Bonchev–Trinajstić information content (AvgIpc) is 2.74. The predicted octanol–water partition coefficient (Wildman–Crippen LogP) is 3.24. The van der Waals surface area contributed by atoms with E-state index in [1.54, 1.807) is 0 Å². The molecule has 0 radical (unpaired) electrons. The van der Waals surface area contributed by atoms with Gasteiger partial charge < -0.3 is 4.90 Å². The van der Waals surface area contributed by atoms with Crippen molar-refractivity contribution in [2.45, 2.75) is 11.8 Å². The predicted molar refractivity (Wildman–Crippen MR) is 110 cm³/mol. The Morgan fingerprint density at radius 3 is 2.17 bits per heavy atom. The molecule has 6 nitrogen and oxygen atoms in total. The van der Waals surface area contributed by atoms with Gasteiger partial charge in [-0.3, -0.25) is 0 Å². The van der Waals surface area contributed by atoms with Gasteiger partial charge in [-0.1, -0.05) is 29.8 Å². The first-order valence-electron chi connectivity index (χ1n) is 9.45. The zero-order valence-corrected chi connectivity index (χ0v) is 17.1. The molecule has 0 spiro atoms. The molecule has 0 aliphatic carbocycles. The molecule has 2 heterocycles. The van der Waals surface area contributed by atoms with Gasteiger partial charge >= 0.3 is 0 Å². The molecular weight excluding hydrogens is 410 g/mol. The van der Waals surface area contributed by atoms with Crippen LogP contribution in [0.1, 0.15) is 5.56 Å². The number of hydrogen-bond acceptors (Lipinski definition) is 5. The Hall–Kier alpha value is -2.91. The summed E-state index contributed by atoms with van der Waals surface area (Å²) in [6.07, 6.45) is 0. The lowest BCUT2D eigenvalue weighted by Crippen LogP contribution is -2.49. The van der Waals surface area contributed by atoms with Crippen molar-refractivity contribution < 1.29 is 17.2 Å². The van der Waals surface area contributed by atoms with Crippen LogP contribution in [0, 0.1) is 18.6 Å². The first-order chi connectivity index (χ1) is 14.3. The van der Waals surface area contributed by atoms with E-state index in [1.807, 2.05) is 48.2 Å². The molecule has 1 saturated heterocycles. The van der Waals surface area contributed by atoms with Crippen LogP contribution >= 0.6 is 0 Å². The molecule has 30 heavy (non-hydrogen) atoms. The molecule has 1 aromatic heterocycles. The summed E-state index contributed by atoms with van der Waals surface area (Å²) >= 11 is 0. The molecule has 1 aliphatic heterocycles. The highest BCUT2D eigenvalue weighted by Gasteiger charge is 2.31. The van der Waals surface area contributed by atoms with Crippen molar-refractivity contribution in [3.8, 4) is 11.3 Å². The average molecular weight is 430 g/mol. The van der Waals surface area contributed by atoms with Crippen molar-refractivity contribution in [2.24, 2.45) is 0 Å². The van der Waals surface area contributed by atoms with Gasteiger partial charge in [-0.25, -0.2) is 17.2 Å². The van der Waals surface area contributed by atoms with Crippen molar-refractivity contribution >= 4 is 15.8 Å². The number of anilines is 1. The van der Waals surface area contributed by atoms with Crippen LogP contribution in [0.3, 0.4) is 0 Å². The minimum absolute atomic E-state index is 0.167. The second-order valence-electron chi connectivity index (χ2n) is 7.11. The van der Waals surface area contributed by atoms with Gasteiger partial charge in [-0.15, -0.1) is 10.2 Å². The Labute approximate surface area is 173 Å². The van der Waals surface area contributed by atoms with Crippen molar-refractivity contribution in [2.75, 3.05) is 31.1 Å². The lowest BCUT2D eigenvalue weighted by atomic mass is 10.1. The molecule has 1 aliphatic rings. The molecule has 0 N–H and O–H groups in total. The highest BCUT2D eigenvalue weighted by atomic mass is 32.2. The van der Waals surface area contributed by atoms with Crippen LogP contribution in [-0.2, 0) is 10.0 Å². The van der Waals surface area contributed by atoms with E-state index in [0.29, 0.717) is 25.0 Å². The molecule has 0 atom stereocenters. The summed E-state index contributed by atoms with van der Waals surface area (Å²) in [5, 5.41) is 8.56. The zero-order valence-electron chi connectivity index (χ0n) is 16.3. The Kier molecular flexibility index (Phi) is 5.48. The molecule has 9 heteroatoms. The standard InChI is InChI=1S/C21H20F2N4O2S/c1-15-2-4-16(5-3-15)19-7-9-21(25-24-19)26-10-12-27(13-11-26)30(28,29)20-8-6-17(22)14-18(20)23/h2-9,14H,10-13H2,1H3. The summed E-state index contributed by atoms with van der Waals surface area (Å²) in [5.41, 5.74) is 2.89. The number of piperazine rings is 1. The second kappa shape index (κ2) is 8.08. The lowest BCUT2D eigenvalue weighted by molar-refractivity contribution is 0.381. The molecule has 0 saturated carbocycles. The summed E-state index contributed by atoms with van der Waals surface area (Å²) in [5.74, 6) is -1.25. The first-order valence-corrected chi connectivity index (χ1v) is 10.9. The molecule has 4 rings (SSSR count). The van der Waals surface area contributed by atoms with Crippen LogP contribution in [0.4, 0.5) is 14.6 Å². The number of halogens is 2. The molecule has 2 aromatic carbocycles. The van der Waals surface area contributed by atoms with Gasteiger partial charge in [0.15, 0.2) is 5.82 Å². The van der Waals surface area contributed by atoms with E-state index in [-0.39, 0.29) is 13.1 Å². The largest absolute Gasteiger partial charge is 0.352 e. The molecule has 156 valence electrons. The van der Waals surface area contributed by atoms with Crippen molar-refractivity contribution in [3.63, 3.8) is 0 Å². The zero-order chi connectivity index (χ0) is 21.3. The van der Waals surface area contributed by atoms with Gasteiger partial charge in [0, 0.05) is 37.8 Å². The van der Waals surface area contributed by atoms with Crippen molar-refractivity contribution in [1.82, 2.24) is 14.5 Å². The van der Waals surface area contributed by atoms with E-state index < -0.39 is 26.6 Å². The minimum atomic E-state index is -4.03. The van der Waals surface area contributed by atoms with Gasteiger partial charge in [0.2, 0.25) is 10.0 Å². The van der Waals surface area contributed by atoms with Crippen LogP contribution < -0.4 is 4.90 Å². The first kappa shape index (κ1) is 20.4. The highest BCUT2D eigenvalue weighted by Crippen LogP contribution is 2.24. The Bertz CT molecular complexity index is 1140. The van der Waals surface area contributed by atoms with Crippen LogP contribution in [0.2, 0.25) is 0 Å².